The minimum Gasteiger partial charge on any atom is -0.418 e. The number of nitrogens with zero attached hydrogens (tertiary/aromatic N) is 2. The second kappa shape index (κ2) is 8.18. The first kappa shape index (κ1) is 19.0. The molecule has 134 valence electrons. The van der Waals surface area contributed by atoms with E-state index in [0.29, 0.717) is 0 Å². The molecule has 0 atom stereocenters. The summed E-state index contributed by atoms with van der Waals surface area (Å²) in [5.74, 6) is 0. The first-order valence-corrected chi connectivity index (χ1v) is 8.12. The van der Waals surface area contributed by atoms with Crippen LogP contribution in [0, 0.1) is 13.8 Å². The van der Waals surface area contributed by atoms with Crippen LogP contribution in [0.5, 0.6) is 0 Å². The minimum atomic E-state index is -6.00. The van der Waals surface area contributed by atoms with E-state index in [1.165, 1.54) is 28.9 Å². The van der Waals surface area contributed by atoms with Crippen molar-refractivity contribution in [2.45, 2.75) is 20.3 Å². The Morgan fingerprint density at radius 3 is 2.04 bits per heavy atom. The molecule has 0 bridgehead atoms. The topological polar surface area (TPSA) is 6.25 Å². The highest BCUT2D eigenvalue weighted by atomic mass is 19.5. The predicted octanol–water partition coefficient (Wildman–Crippen LogP) is 5.19. The maximum absolute atomic E-state index is 9.75. The van der Waals surface area contributed by atoms with Crippen LogP contribution in [0.4, 0.5) is 28.6 Å². The van der Waals surface area contributed by atoms with Crippen LogP contribution in [-0.4, -0.2) is 31.3 Å². The van der Waals surface area contributed by atoms with Crippen molar-refractivity contribution in [2.24, 2.45) is 0 Å². The van der Waals surface area contributed by atoms with Crippen LogP contribution in [0.1, 0.15) is 17.5 Å². The van der Waals surface area contributed by atoms with Crippen LogP contribution in [0.3, 0.4) is 0 Å². The Labute approximate surface area is 145 Å². The fourth-order valence-corrected chi connectivity index (χ4v) is 2.83. The quantitative estimate of drug-likeness (QED) is 0.410. The van der Waals surface area contributed by atoms with Gasteiger partial charge in [-0.2, -0.15) is 0 Å². The summed E-state index contributed by atoms with van der Waals surface area (Å²) in [5.41, 5.74) is 5.28. The van der Waals surface area contributed by atoms with Crippen LogP contribution in [-0.2, 0) is 0 Å². The summed E-state index contributed by atoms with van der Waals surface area (Å²) in [6, 6.07) is 17.2. The normalized spacial score (nSPS) is 14.5. The number of rotatable bonds is 2. The Bertz CT molecular complexity index is 738. The molecule has 0 saturated heterocycles. The monoisotopic (exact) mass is 352 g/mol. The van der Waals surface area contributed by atoms with Gasteiger partial charge >= 0.3 is 7.25 Å². The first-order valence-electron chi connectivity index (χ1n) is 8.12. The molecule has 2 nitrogen and oxygen atoms in total. The van der Waals surface area contributed by atoms with Crippen molar-refractivity contribution in [1.29, 1.82) is 0 Å². The van der Waals surface area contributed by atoms with E-state index in [0.717, 1.165) is 13.1 Å². The van der Waals surface area contributed by atoms with Crippen LogP contribution in [0.15, 0.2) is 48.5 Å². The standard InChI is InChI=1S/C18H21N2.BF4/c1-15-8-3-5-10-17(15)19-12-7-13-20(14-19)18-11-6-4-9-16(18)2;2-1(3,4)5/h3-6,8-11,14H,7,12-13H2,1-2H3;/q+1;-1. The van der Waals surface area contributed by atoms with E-state index >= 15 is 0 Å². The predicted molar refractivity (Wildman–Crippen MR) is 95.4 cm³/mol. The molecule has 0 aliphatic carbocycles. The highest BCUT2D eigenvalue weighted by Crippen LogP contribution is 2.23. The molecule has 3 rings (SSSR count). The smallest absolute Gasteiger partial charge is 0.418 e. The van der Waals surface area contributed by atoms with Crippen molar-refractivity contribution in [1.82, 2.24) is 0 Å². The van der Waals surface area contributed by atoms with Crippen molar-refractivity contribution in [3.05, 3.63) is 59.7 Å². The molecule has 0 unspecified atom stereocenters. The van der Waals surface area contributed by atoms with E-state index in [4.69, 9.17) is 0 Å². The maximum atomic E-state index is 9.75. The zero-order chi connectivity index (χ0) is 18.4. The van der Waals surface area contributed by atoms with Gasteiger partial charge in [0.2, 0.25) is 6.34 Å². The molecule has 1 heterocycles. The Hall–Kier alpha value is -2.31. The van der Waals surface area contributed by atoms with Gasteiger partial charge in [0.15, 0.2) is 0 Å². The van der Waals surface area contributed by atoms with Gasteiger partial charge in [0.1, 0.15) is 11.4 Å². The molecule has 0 saturated carbocycles. The van der Waals surface area contributed by atoms with Gasteiger partial charge < -0.3 is 17.3 Å². The average molecular weight is 352 g/mol. The van der Waals surface area contributed by atoms with Crippen molar-refractivity contribution in [3.8, 4) is 0 Å². The van der Waals surface area contributed by atoms with E-state index < -0.39 is 7.25 Å². The highest BCUT2D eigenvalue weighted by molar-refractivity contribution is 6.50. The zero-order valence-corrected chi connectivity index (χ0v) is 14.3. The lowest BCUT2D eigenvalue weighted by molar-refractivity contribution is -0.440. The number of aryl methyl sites for hydroxylation is 2. The van der Waals surface area contributed by atoms with Gasteiger partial charge in [0.25, 0.3) is 0 Å². The van der Waals surface area contributed by atoms with E-state index in [1.807, 2.05) is 0 Å². The van der Waals surface area contributed by atoms with E-state index in [-0.39, 0.29) is 0 Å². The fraction of sp³-hybridized carbons (Fsp3) is 0.278. The van der Waals surface area contributed by atoms with Crippen LogP contribution < -0.4 is 4.90 Å². The number of halogens is 4. The summed E-state index contributed by atoms with van der Waals surface area (Å²) in [6.45, 7) is 6.53. The average Bonchev–Trinajstić information content (AvgIpc) is 2.54. The summed E-state index contributed by atoms with van der Waals surface area (Å²) >= 11 is 0. The lowest BCUT2D eigenvalue weighted by Crippen LogP contribution is -2.35. The van der Waals surface area contributed by atoms with Crippen molar-refractivity contribution in [2.75, 3.05) is 18.0 Å². The lowest BCUT2D eigenvalue weighted by Gasteiger charge is -2.22. The van der Waals surface area contributed by atoms with Gasteiger partial charge in [0.05, 0.1) is 13.1 Å². The molecule has 1 aliphatic heterocycles. The number of anilines is 1. The molecule has 7 heteroatoms. The van der Waals surface area contributed by atoms with Gasteiger partial charge in [-0.3, -0.25) is 0 Å². The Balaban J connectivity index is 0.000000399. The summed E-state index contributed by atoms with van der Waals surface area (Å²) in [4.78, 5) is 2.37. The third-order valence-corrected chi connectivity index (χ3v) is 3.93. The van der Waals surface area contributed by atoms with Gasteiger partial charge in [-0.1, -0.05) is 36.4 Å². The Kier molecular flexibility index (Phi) is 6.23. The molecule has 25 heavy (non-hydrogen) atoms. The molecular weight excluding hydrogens is 331 g/mol. The number of hydrogen-bond donors (Lipinski definition) is 0. The SMILES string of the molecule is Cc1ccccc1N1C=[N+](c2ccccc2C)CCC1.F[B-](F)(F)F. The summed E-state index contributed by atoms with van der Waals surface area (Å²) in [7, 11) is -6.00. The fourth-order valence-electron chi connectivity index (χ4n) is 2.83. The van der Waals surface area contributed by atoms with E-state index in [2.05, 4.69) is 78.2 Å². The van der Waals surface area contributed by atoms with Gasteiger partial charge in [0, 0.05) is 6.42 Å². The molecule has 0 aromatic heterocycles. The molecule has 2 aromatic rings. The largest absolute Gasteiger partial charge is 0.673 e. The molecule has 0 fully saturated rings. The third kappa shape index (κ3) is 5.92. The summed E-state index contributed by atoms with van der Waals surface area (Å²) in [6.07, 6.45) is 3.44. The van der Waals surface area contributed by atoms with Crippen LogP contribution in [0.25, 0.3) is 0 Å². The Morgan fingerprint density at radius 1 is 0.880 bits per heavy atom. The summed E-state index contributed by atoms with van der Waals surface area (Å²) in [5, 5.41) is 0. The van der Waals surface area contributed by atoms with Crippen molar-refractivity contribution < 1.29 is 21.8 Å². The molecule has 0 N–H and O–H groups in total. The van der Waals surface area contributed by atoms with Crippen LogP contribution >= 0.6 is 0 Å². The minimum absolute atomic E-state index is 1.09. The Morgan fingerprint density at radius 2 is 1.44 bits per heavy atom. The molecular formula is C18H21BF4N2. The molecule has 2 aromatic carbocycles. The highest BCUT2D eigenvalue weighted by Gasteiger charge is 2.21. The van der Waals surface area contributed by atoms with E-state index in [9.17, 15) is 17.3 Å². The zero-order valence-electron chi connectivity index (χ0n) is 14.3. The number of benzene rings is 2. The number of para-hydroxylation sites is 2. The second-order valence-electron chi connectivity index (χ2n) is 5.92. The maximum Gasteiger partial charge on any atom is 0.673 e. The van der Waals surface area contributed by atoms with E-state index in [1.54, 1.807) is 0 Å². The van der Waals surface area contributed by atoms with Crippen molar-refractivity contribution >= 4 is 25.0 Å². The van der Waals surface area contributed by atoms with Crippen molar-refractivity contribution in [3.63, 3.8) is 0 Å². The first-order chi connectivity index (χ1) is 11.8. The molecule has 0 spiro atoms. The van der Waals surface area contributed by atoms with Gasteiger partial charge in [-0.05, 0) is 37.1 Å². The second-order valence-corrected chi connectivity index (χ2v) is 5.92. The summed E-state index contributed by atoms with van der Waals surface area (Å²) < 4.78 is 41.4. The molecule has 1 aliphatic rings. The molecule has 0 radical (unpaired) electrons. The lowest BCUT2D eigenvalue weighted by atomic mass is 10.1. The van der Waals surface area contributed by atoms with Gasteiger partial charge in [-0.15, -0.1) is 0 Å². The van der Waals surface area contributed by atoms with Gasteiger partial charge in [-0.25, -0.2) is 9.48 Å². The van der Waals surface area contributed by atoms with Crippen LogP contribution in [0.2, 0.25) is 0 Å². The third-order valence-electron chi connectivity index (χ3n) is 3.93. The molecule has 0 amide bonds. The number of hydrogen-bond acceptors (Lipinski definition) is 1.